The number of nitrogens with zero attached hydrogens (tertiary/aromatic N) is 1. The van der Waals surface area contributed by atoms with Crippen molar-refractivity contribution >= 4 is 11.8 Å². The van der Waals surface area contributed by atoms with Crippen molar-refractivity contribution in [3.63, 3.8) is 0 Å². The molecule has 1 saturated carbocycles. The Morgan fingerprint density at radius 2 is 1.92 bits per heavy atom. The van der Waals surface area contributed by atoms with E-state index in [9.17, 15) is 9.59 Å². The number of amides is 2. The topological polar surface area (TPSA) is 63.4 Å². The molecule has 1 aliphatic rings. The third-order valence-corrected chi connectivity index (χ3v) is 4.59. The Hall–Kier alpha value is -2.62. The van der Waals surface area contributed by atoms with Gasteiger partial charge < -0.3 is 10.6 Å². The van der Waals surface area contributed by atoms with Crippen LogP contribution in [0.1, 0.15) is 39.4 Å². The average Bonchev–Trinajstić information content (AvgIpc) is 3.35. The van der Waals surface area contributed by atoms with Gasteiger partial charge in [-0.2, -0.15) is 0 Å². The maximum absolute atomic E-state index is 12.6. The first-order valence-corrected chi connectivity index (χ1v) is 8.16. The molecule has 124 valence electrons. The first kappa shape index (κ1) is 16.2. The number of carbonyl (C=O) groups excluding carboxylic acids is 2. The summed E-state index contributed by atoms with van der Waals surface area (Å²) in [4.78, 5) is 25.6. The van der Waals surface area contributed by atoms with E-state index in [1.165, 1.54) is 11.1 Å². The van der Waals surface area contributed by atoms with Crippen LogP contribution in [0, 0.1) is 12.8 Å². The fraction of sp³-hybridized carbons (Fsp3) is 0.300. The van der Waals surface area contributed by atoms with Gasteiger partial charge in [0.05, 0.1) is 0 Å². The molecule has 24 heavy (non-hydrogen) atoms. The Morgan fingerprint density at radius 1 is 1.17 bits per heavy atom. The van der Waals surface area contributed by atoms with Gasteiger partial charge in [0.2, 0.25) is 11.8 Å². The molecular formula is C20H22N2O2. The van der Waals surface area contributed by atoms with Crippen molar-refractivity contribution in [1.82, 2.24) is 4.90 Å². The largest absolute Gasteiger partial charge is 0.366 e. The number of hydrogen-bond acceptors (Lipinski definition) is 2. The van der Waals surface area contributed by atoms with Crippen LogP contribution in [0.5, 0.6) is 0 Å². The standard InChI is InChI=1S/C20H22N2O2/c1-13-5-3-7-15(9-13)17-11-18(17)20(24)22(2)12-14-6-4-8-16(10-14)19(21)23/h3-10,17-18H,11-12H2,1-2H3,(H2,21,23)/t17-,18-/m0/s1. The molecule has 1 fully saturated rings. The molecule has 0 saturated heterocycles. The van der Waals surface area contributed by atoms with Gasteiger partial charge in [-0.05, 0) is 42.5 Å². The fourth-order valence-corrected chi connectivity index (χ4v) is 3.19. The van der Waals surface area contributed by atoms with Gasteiger partial charge in [-0.1, -0.05) is 42.0 Å². The summed E-state index contributed by atoms with van der Waals surface area (Å²) in [7, 11) is 1.81. The summed E-state index contributed by atoms with van der Waals surface area (Å²) in [6.45, 7) is 2.55. The number of benzene rings is 2. The number of aryl methyl sites for hydroxylation is 1. The molecule has 4 nitrogen and oxygen atoms in total. The van der Waals surface area contributed by atoms with Crippen LogP contribution in [0.4, 0.5) is 0 Å². The second-order valence-corrected chi connectivity index (χ2v) is 6.62. The number of primary amides is 1. The highest BCUT2D eigenvalue weighted by Crippen LogP contribution is 2.48. The monoisotopic (exact) mass is 322 g/mol. The van der Waals surface area contributed by atoms with Crippen LogP contribution in [0.3, 0.4) is 0 Å². The van der Waals surface area contributed by atoms with E-state index in [0.717, 1.165) is 12.0 Å². The number of rotatable bonds is 5. The molecule has 2 atom stereocenters. The van der Waals surface area contributed by atoms with Crippen molar-refractivity contribution in [2.24, 2.45) is 11.7 Å². The van der Waals surface area contributed by atoms with E-state index in [4.69, 9.17) is 5.73 Å². The molecule has 2 N–H and O–H groups in total. The fourth-order valence-electron chi connectivity index (χ4n) is 3.19. The minimum Gasteiger partial charge on any atom is -0.366 e. The third kappa shape index (κ3) is 3.48. The summed E-state index contributed by atoms with van der Waals surface area (Å²) in [6, 6.07) is 15.5. The van der Waals surface area contributed by atoms with Crippen LogP contribution in [0.2, 0.25) is 0 Å². The lowest BCUT2D eigenvalue weighted by Gasteiger charge is -2.18. The van der Waals surface area contributed by atoms with Crippen LogP contribution >= 0.6 is 0 Å². The molecule has 1 aliphatic carbocycles. The lowest BCUT2D eigenvalue weighted by Crippen LogP contribution is -2.28. The van der Waals surface area contributed by atoms with Gasteiger partial charge >= 0.3 is 0 Å². The van der Waals surface area contributed by atoms with Gasteiger partial charge in [-0.15, -0.1) is 0 Å². The Kier molecular flexibility index (Phi) is 4.38. The second-order valence-electron chi connectivity index (χ2n) is 6.62. The van der Waals surface area contributed by atoms with Crippen LogP contribution in [-0.2, 0) is 11.3 Å². The summed E-state index contributed by atoms with van der Waals surface area (Å²) in [6.07, 6.45) is 0.911. The van der Waals surface area contributed by atoms with E-state index in [1.807, 2.05) is 19.2 Å². The van der Waals surface area contributed by atoms with E-state index in [-0.39, 0.29) is 11.8 Å². The summed E-state index contributed by atoms with van der Waals surface area (Å²) in [5, 5.41) is 0. The molecule has 2 aromatic rings. The molecule has 3 rings (SSSR count). The molecule has 2 aromatic carbocycles. The minimum absolute atomic E-state index is 0.0659. The van der Waals surface area contributed by atoms with Crippen LogP contribution in [0.15, 0.2) is 48.5 Å². The summed E-state index contributed by atoms with van der Waals surface area (Å²) in [5.41, 5.74) is 9.16. The van der Waals surface area contributed by atoms with Crippen molar-refractivity contribution in [3.05, 3.63) is 70.8 Å². The maximum Gasteiger partial charge on any atom is 0.248 e. The van der Waals surface area contributed by atoms with Gasteiger partial charge in [0.15, 0.2) is 0 Å². The van der Waals surface area contributed by atoms with E-state index in [0.29, 0.717) is 18.0 Å². The van der Waals surface area contributed by atoms with Crippen LogP contribution in [0.25, 0.3) is 0 Å². The maximum atomic E-state index is 12.6. The Labute approximate surface area is 142 Å². The molecule has 0 heterocycles. The average molecular weight is 322 g/mol. The van der Waals surface area contributed by atoms with Crippen molar-refractivity contribution in [3.8, 4) is 0 Å². The Morgan fingerprint density at radius 3 is 2.62 bits per heavy atom. The molecule has 0 unspecified atom stereocenters. The zero-order chi connectivity index (χ0) is 17.3. The zero-order valence-corrected chi connectivity index (χ0v) is 14.0. The lowest BCUT2D eigenvalue weighted by molar-refractivity contribution is -0.131. The molecule has 2 amide bonds. The second kappa shape index (κ2) is 6.48. The Balaban J connectivity index is 1.64. The normalized spacial score (nSPS) is 18.9. The predicted molar refractivity (Wildman–Crippen MR) is 93.5 cm³/mol. The quantitative estimate of drug-likeness (QED) is 0.920. The zero-order valence-electron chi connectivity index (χ0n) is 14.0. The first-order valence-electron chi connectivity index (χ1n) is 8.16. The van der Waals surface area contributed by atoms with Gasteiger partial charge in [0, 0.05) is 25.1 Å². The number of hydrogen-bond donors (Lipinski definition) is 1. The van der Waals surface area contributed by atoms with Gasteiger partial charge in [-0.3, -0.25) is 9.59 Å². The first-order chi connectivity index (χ1) is 11.5. The van der Waals surface area contributed by atoms with Gasteiger partial charge in [0.25, 0.3) is 0 Å². The lowest BCUT2D eigenvalue weighted by atomic mass is 10.1. The molecule has 0 aliphatic heterocycles. The highest BCUT2D eigenvalue weighted by molar-refractivity contribution is 5.92. The van der Waals surface area contributed by atoms with Gasteiger partial charge in [0.1, 0.15) is 0 Å². The highest BCUT2D eigenvalue weighted by atomic mass is 16.2. The third-order valence-electron chi connectivity index (χ3n) is 4.59. The Bertz CT molecular complexity index is 785. The van der Waals surface area contributed by atoms with E-state index in [1.54, 1.807) is 23.1 Å². The van der Waals surface area contributed by atoms with E-state index in [2.05, 4.69) is 25.1 Å². The molecule has 4 heteroatoms. The van der Waals surface area contributed by atoms with Crippen LogP contribution < -0.4 is 5.73 Å². The smallest absolute Gasteiger partial charge is 0.248 e. The van der Waals surface area contributed by atoms with Gasteiger partial charge in [-0.25, -0.2) is 0 Å². The van der Waals surface area contributed by atoms with Crippen molar-refractivity contribution in [2.45, 2.75) is 25.8 Å². The molecule has 0 radical (unpaired) electrons. The van der Waals surface area contributed by atoms with Crippen molar-refractivity contribution < 1.29 is 9.59 Å². The molecule has 0 bridgehead atoms. The summed E-state index contributed by atoms with van der Waals surface area (Å²) >= 11 is 0. The highest BCUT2D eigenvalue weighted by Gasteiger charge is 2.45. The van der Waals surface area contributed by atoms with Crippen LogP contribution in [-0.4, -0.2) is 23.8 Å². The van der Waals surface area contributed by atoms with E-state index >= 15 is 0 Å². The summed E-state index contributed by atoms with van der Waals surface area (Å²) in [5.74, 6) is 0.103. The number of nitrogens with two attached hydrogens (primary N) is 1. The minimum atomic E-state index is -0.451. The number of carbonyl (C=O) groups is 2. The van der Waals surface area contributed by atoms with E-state index < -0.39 is 5.91 Å². The van der Waals surface area contributed by atoms with Crippen molar-refractivity contribution in [1.29, 1.82) is 0 Å². The summed E-state index contributed by atoms with van der Waals surface area (Å²) < 4.78 is 0. The molecule has 0 spiro atoms. The SMILES string of the molecule is Cc1cccc([C@@H]2C[C@@H]2C(=O)N(C)Cc2cccc(C(N)=O)c2)c1. The molecule has 0 aromatic heterocycles. The van der Waals surface area contributed by atoms with Crippen molar-refractivity contribution in [2.75, 3.05) is 7.05 Å². The molecular weight excluding hydrogens is 300 g/mol. The predicted octanol–water partition coefficient (Wildman–Crippen LogP) is 2.86.